The number of hydrogen-bond donors (Lipinski definition) is 1. The van der Waals surface area contributed by atoms with E-state index in [9.17, 15) is 5.26 Å². The Morgan fingerprint density at radius 1 is 0.935 bits per heavy atom. The van der Waals surface area contributed by atoms with Crippen molar-refractivity contribution < 1.29 is 4.74 Å². The lowest BCUT2D eigenvalue weighted by molar-refractivity contribution is 0.304. The second-order valence-electron chi connectivity index (χ2n) is 7.57. The molecule has 31 heavy (non-hydrogen) atoms. The van der Waals surface area contributed by atoms with Gasteiger partial charge in [-0.15, -0.1) is 0 Å². The Bertz CT molecular complexity index is 1020. The van der Waals surface area contributed by atoms with Crippen LogP contribution in [-0.4, -0.2) is 11.6 Å². The molecule has 0 fully saturated rings. The first-order valence-electron chi connectivity index (χ1n) is 10.8. The van der Waals surface area contributed by atoms with Gasteiger partial charge in [0.05, 0.1) is 12.3 Å². The largest absolute Gasteiger partial charge is 0.494 e. The molecule has 0 aliphatic carbocycles. The first-order chi connectivity index (χ1) is 15.1. The van der Waals surface area contributed by atoms with E-state index in [0.717, 1.165) is 35.5 Å². The van der Waals surface area contributed by atoms with Gasteiger partial charge in [0, 0.05) is 16.1 Å². The van der Waals surface area contributed by atoms with Crippen LogP contribution in [0.1, 0.15) is 51.0 Å². The lowest BCUT2D eigenvalue weighted by Crippen LogP contribution is -2.00. The zero-order chi connectivity index (χ0) is 22.1. The fourth-order valence-corrected chi connectivity index (χ4v) is 3.61. The van der Waals surface area contributed by atoms with Crippen LogP contribution >= 0.6 is 11.6 Å². The fraction of sp³-hybridized carbons (Fsp3) is 0.308. The minimum atomic E-state index is 0.216. The lowest BCUT2D eigenvalue weighted by atomic mass is 9.98. The highest BCUT2D eigenvalue weighted by atomic mass is 35.5. The molecule has 0 unspecified atom stereocenters. The first-order valence-corrected chi connectivity index (χ1v) is 11.2. The van der Waals surface area contributed by atoms with Crippen LogP contribution in [0, 0.1) is 11.3 Å². The molecule has 0 aliphatic heterocycles. The topological polar surface area (TPSA) is 71.9 Å². The molecule has 2 N–H and O–H groups in total. The van der Waals surface area contributed by atoms with Crippen molar-refractivity contribution in [2.75, 3.05) is 12.3 Å². The summed E-state index contributed by atoms with van der Waals surface area (Å²) in [5.41, 5.74) is 9.72. The van der Waals surface area contributed by atoms with Crippen LogP contribution in [-0.2, 0) is 0 Å². The van der Waals surface area contributed by atoms with Gasteiger partial charge in [0.2, 0.25) is 0 Å². The highest BCUT2D eigenvalue weighted by molar-refractivity contribution is 6.30. The molecular weight excluding hydrogens is 406 g/mol. The van der Waals surface area contributed by atoms with Crippen LogP contribution in [0.3, 0.4) is 0 Å². The average Bonchev–Trinajstić information content (AvgIpc) is 2.79. The molecule has 1 heterocycles. The Morgan fingerprint density at radius 3 is 2.26 bits per heavy atom. The number of hydrogen-bond acceptors (Lipinski definition) is 4. The maximum absolute atomic E-state index is 9.62. The number of nitriles is 1. The van der Waals surface area contributed by atoms with E-state index in [1.165, 1.54) is 32.1 Å². The molecule has 5 heteroatoms. The normalized spacial score (nSPS) is 10.6. The summed E-state index contributed by atoms with van der Waals surface area (Å²) in [7, 11) is 0. The summed E-state index contributed by atoms with van der Waals surface area (Å²) in [5.74, 6) is 1.05. The minimum Gasteiger partial charge on any atom is -0.494 e. The standard InChI is InChI=1S/C26H28ClN3O/c1-2-3-4-5-6-7-16-31-22-14-10-19(11-15-22)23-17-25(30-26(29)24(23)18-28)20-8-12-21(27)13-9-20/h8-15,17H,2-7,16H2,1H3,(H2,29,30). The number of nitrogen functional groups attached to an aromatic ring is 1. The lowest BCUT2D eigenvalue weighted by Gasteiger charge is -2.11. The van der Waals surface area contributed by atoms with Crippen LogP contribution in [0.4, 0.5) is 5.82 Å². The highest BCUT2D eigenvalue weighted by Gasteiger charge is 2.13. The Hall–Kier alpha value is -3.03. The van der Waals surface area contributed by atoms with Crippen LogP contribution in [0.25, 0.3) is 22.4 Å². The van der Waals surface area contributed by atoms with Gasteiger partial charge in [-0.1, -0.05) is 74.9 Å². The van der Waals surface area contributed by atoms with Crippen LogP contribution in [0.15, 0.2) is 54.6 Å². The summed E-state index contributed by atoms with van der Waals surface area (Å²) in [6.45, 7) is 2.95. The maximum atomic E-state index is 9.62. The van der Waals surface area contributed by atoms with Crippen molar-refractivity contribution in [3.05, 3.63) is 65.2 Å². The molecule has 3 aromatic rings. The van der Waals surface area contributed by atoms with Gasteiger partial charge in [-0.3, -0.25) is 0 Å². The number of benzene rings is 2. The molecule has 0 aliphatic rings. The molecule has 0 saturated carbocycles. The Labute approximate surface area is 189 Å². The van der Waals surface area contributed by atoms with Crippen molar-refractivity contribution >= 4 is 17.4 Å². The number of rotatable bonds is 10. The Balaban J connectivity index is 1.73. The molecule has 0 spiro atoms. The van der Waals surface area contributed by atoms with E-state index in [1.54, 1.807) is 0 Å². The summed E-state index contributed by atoms with van der Waals surface area (Å²) in [6.07, 6.45) is 7.42. The van der Waals surface area contributed by atoms with Crippen molar-refractivity contribution in [3.8, 4) is 34.2 Å². The van der Waals surface area contributed by atoms with Crippen molar-refractivity contribution in [1.29, 1.82) is 5.26 Å². The van der Waals surface area contributed by atoms with Gasteiger partial charge in [-0.25, -0.2) is 4.98 Å². The number of aromatic nitrogens is 1. The van der Waals surface area contributed by atoms with Crippen molar-refractivity contribution in [1.82, 2.24) is 4.98 Å². The number of halogens is 1. The van der Waals surface area contributed by atoms with Gasteiger partial charge in [0.15, 0.2) is 0 Å². The van der Waals surface area contributed by atoms with E-state index in [0.29, 0.717) is 16.3 Å². The van der Waals surface area contributed by atoms with E-state index >= 15 is 0 Å². The molecular formula is C26H28ClN3O. The van der Waals surface area contributed by atoms with E-state index in [-0.39, 0.29) is 5.82 Å². The summed E-state index contributed by atoms with van der Waals surface area (Å²) in [4.78, 5) is 4.41. The third-order valence-electron chi connectivity index (χ3n) is 5.23. The van der Waals surface area contributed by atoms with Crippen molar-refractivity contribution in [2.45, 2.75) is 45.4 Å². The van der Waals surface area contributed by atoms with E-state index in [2.05, 4.69) is 18.0 Å². The fourth-order valence-electron chi connectivity index (χ4n) is 3.48. The minimum absolute atomic E-state index is 0.216. The summed E-state index contributed by atoms with van der Waals surface area (Å²) >= 11 is 5.99. The molecule has 0 radical (unpaired) electrons. The third kappa shape index (κ3) is 6.23. The first kappa shape index (κ1) is 22.7. The maximum Gasteiger partial charge on any atom is 0.142 e. The zero-order valence-electron chi connectivity index (χ0n) is 17.9. The van der Waals surface area contributed by atoms with Crippen LogP contribution in [0.2, 0.25) is 5.02 Å². The Kier molecular flexibility index (Phi) is 8.32. The van der Waals surface area contributed by atoms with E-state index in [4.69, 9.17) is 22.1 Å². The molecule has 160 valence electrons. The van der Waals surface area contributed by atoms with Gasteiger partial charge >= 0.3 is 0 Å². The number of unbranched alkanes of at least 4 members (excludes halogenated alkanes) is 5. The van der Waals surface area contributed by atoms with Gasteiger partial charge < -0.3 is 10.5 Å². The smallest absolute Gasteiger partial charge is 0.142 e. The number of nitrogens with zero attached hydrogens (tertiary/aromatic N) is 2. The van der Waals surface area contributed by atoms with Gasteiger partial charge in [0.25, 0.3) is 0 Å². The molecule has 2 aromatic carbocycles. The van der Waals surface area contributed by atoms with E-state index in [1.807, 2.05) is 54.6 Å². The van der Waals surface area contributed by atoms with Gasteiger partial charge in [-0.05, 0) is 42.3 Å². The SMILES string of the molecule is CCCCCCCCOc1ccc(-c2cc(-c3ccc(Cl)cc3)nc(N)c2C#N)cc1. The molecule has 4 nitrogen and oxygen atoms in total. The van der Waals surface area contributed by atoms with Crippen LogP contribution in [0.5, 0.6) is 5.75 Å². The monoisotopic (exact) mass is 433 g/mol. The number of anilines is 1. The quantitative estimate of drug-likeness (QED) is 0.341. The molecule has 0 saturated heterocycles. The number of ether oxygens (including phenoxy) is 1. The molecule has 0 amide bonds. The third-order valence-corrected chi connectivity index (χ3v) is 5.48. The highest BCUT2D eigenvalue weighted by Crippen LogP contribution is 2.32. The average molecular weight is 434 g/mol. The summed E-state index contributed by atoms with van der Waals surface area (Å²) < 4.78 is 5.87. The van der Waals surface area contributed by atoms with Gasteiger partial charge in [0.1, 0.15) is 23.2 Å². The number of pyridine rings is 1. The molecule has 0 bridgehead atoms. The zero-order valence-corrected chi connectivity index (χ0v) is 18.7. The van der Waals surface area contributed by atoms with Crippen LogP contribution < -0.4 is 10.5 Å². The van der Waals surface area contributed by atoms with E-state index < -0.39 is 0 Å². The van der Waals surface area contributed by atoms with Crippen molar-refractivity contribution in [2.24, 2.45) is 0 Å². The summed E-state index contributed by atoms with van der Waals surface area (Å²) in [5, 5.41) is 10.3. The molecule has 1 aromatic heterocycles. The Morgan fingerprint density at radius 2 is 1.58 bits per heavy atom. The van der Waals surface area contributed by atoms with Crippen molar-refractivity contribution in [3.63, 3.8) is 0 Å². The predicted molar refractivity (Wildman–Crippen MR) is 128 cm³/mol. The second kappa shape index (κ2) is 11.4. The molecule has 0 atom stereocenters. The second-order valence-corrected chi connectivity index (χ2v) is 8.01. The van der Waals surface area contributed by atoms with Gasteiger partial charge in [-0.2, -0.15) is 5.26 Å². The predicted octanol–water partition coefficient (Wildman–Crippen LogP) is 7.26. The summed E-state index contributed by atoms with van der Waals surface area (Å²) in [6, 6.07) is 19.3. The molecule has 3 rings (SSSR count). The number of nitrogens with two attached hydrogens (primary N) is 1.